The monoisotopic (exact) mass is 406 g/mol. The van der Waals surface area contributed by atoms with Gasteiger partial charge in [0.25, 0.3) is 0 Å². The lowest BCUT2D eigenvalue weighted by Gasteiger charge is -2.38. The van der Waals surface area contributed by atoms with E-state index >= 15 is 0 Å². The molecule has 3 rings (SSSR count). The largest absolute Gasteiger partial charge is 0.357 e. The Labute approximate surface area is 146 Å². The van der Waals surface area contributed by atoms with E-state index in [9.17, 15) is 0 Å². The summed E-state index contributed by atoms with van der Waals surface area (Å²) >= 11 is 0. The van der Waals surface area contributed by atoms with Crippen LogP contribution >= 0.6 is 24.0 Å². The van der Waals surface area contributed by atoms with Crippen molar-refractivity contribution < 1.29 is 0 Å². The Balaban J connectivity index is 0.00000161. The predicted octanol–water partition coefficient (Wildman–Crippen LogP) is 2.40. The smallest absolute Gasteiger partial charge is 0.193 e. The third-order valence-electron chi connectivity index (χ3n) is 5.48. The molecule has 0 radical (unpaired) electrons. The molecule has 3 aliphatic rings. The van der Waals surface area contributed by atoms with Crippen LogP contribution < -0.4 is 5.32 Å². The molecule has 1 aliphatic carbocycles. The number of nitrogens with zero attached hydrogens (tertiary/aromatic N) is 3. The van der Waals surface area contributed by atoms with Crippen molar-refractivity contribution in [2.45, 2.75) is 39.0 Å². The maximum atomic E-state index is 4.94. The van der Waals surface area contributed by atoms with Crippen LogP contribution in [0.3, 0.4) is 0 Å². The fourth-order valence-corrected chi connectivity index (χ4v) is 4.02. The Morgan fingerprint density at radius 3 is 2.62 bits per heavy atom. The molecule has 0 aromatic rings. The van der Waals surface area contributed by atoms with Gasteiger partial charge in [-0.15, -0.1) is 24.0 Å². The summed E-state index contributed by atoms with van der Waals surface area (Å²) in [7, 11) is 2.22. The van der Waals surface area contributed by atoms with Crippen LogP contribution in [0.25, 0.3) is 0 Å². The molecule has 1 spiro atoms. The number of nitrogens with one attached hydrogen (secondary N) is 1. The first-order valence-electron chi connectivity index (χ1n) is 8.43. The second-order valence-corrected chi connectivity index (χ2v) is 7.14. The highest BCUT2D eigenvalue weighted by molar-refractivity contribution is 14.0. The quantitative estimate of drug-likeness (QED) is 0.444. The first-order valence-corrected chi connectivity index (χ1v) is 8.43. The second-order valence-electron chi connectivity index (χ2n) is 7.14. The van der Waals surface area contributed by atoms with Crippen LogP contribution in [0.15, 0.2) is 4.99 Å². The first-order chi connectivity index (χ1) is 9.71. The van der Waals surface area contributed by atoms with E-state index in [-0.39, 0.29) is 24.0 Å². The molecule has 0 amide bonds. The van der Waals surface area contributed by atoms with E-state index in [2.05, 4.69) is 29.1 Å². The molecule has 5 heteroatoms. The van der Waals surface area contributed by atoms with Crippen molar-refractivity contribution in [3.63, 3.8) is 0 Å². The summed E-state index contributed by atoms with van der Waals surface area (Å²) in [5, 5.41) is 3.51. The average molecular weight is 406 g/mol. The van der Waals surface area contributed by atoms with Crippen LogP contribution in [0.2, 0.25) is 0 Å². The van der Waals surface area contributed by atoms with Crippen LogP contribution in [-0.4, -0.2) is 62.1 Å². The van der Waals surface area contributed by atoms with Gasteiger partial charge in [0.1, 0.15) is 0 Å². The molecule has 2 aliphatic heterocycles. The third kappa shape index (κ3) is 4.03. The molecule has 1 N–H and O–H groups in total. The summed E-state index contributed by atoms with van der Waals surface area (Å²) in [4.78, 5) is 9.88. The van der Waals surface area contributed by atoms with E-state index in [1.54, 1.807) is 0 Å². The molecule has 4 nitrogen and oxygen atoms in total. The minimum atomic E-state index is 0. The van der Waals surface area contributed by atoms with E-state index in [1.807, 2.05) is 0 Å². The number of guanidine groups is 1. The zero-order valence-electron chi connectivity index (χ0n) is 13.6. The molecule has 2 heterocycles. The molecule has 21 heavy (non-hydrogen) atoms. The molecule has 1 atom stereocenters. The van der Waals surface area contributed by atoms with Crippen molar-refractivity contribution in [1.29, 1.82) is 0 Å². The van der Waals surface area contributed by atoms with Gasteiger partial charge in [-0.3, -0.25) is 4.99 Å². The Morgan fingerprint density at radius 1 is 1.29 bits per heavy atom. The highest BCUT2D eigenvalue weighted by atomic mass is 127. The summed E-state index contributed by atoms with van der Waals surface area (Å²) in [6.45, 7) is 9.05. The molecular formula is C16H31IN4. The molecule has 2 saturated heterocycles. The van der Waals surface area contributed by atoms with Crippen LogP contribution in [0.5, 0.6) is 0 Å². The second kappa shape index (κ2) is 7.49. The minimum Gasteiger partial charge on any atom is -0.357 e. The predicted molar refractivity (Wildman–Crippen MR) is 99.5 cm³/mol. The van der Waals surface area contributed by atoms with Crippen molar-refractivity contribution >= 4 is 29.9 Å². The van der Waals surface area contributed by atoms with Gasteiger partial charge in [0.05, 0.1) is 0 Å². The molecule has 122 valence electrons. The minimum absolute atomic E-state index is 0. The van der Waals surface area contributed by atoms with Gasteiger partial charge in [0.15, 0.2) is 5.96 Å². The van der Waals surface area contributed by atoms with Gasteiger partial charge in [-0.25, -0.2) is 0 Å². The van der Waals surface area contributed by atoms with Crippen molar-refractivity contribution in [1.82, 2.24) is 15.1 Å². The van der Waals surface area contributed by atoms with Crippen molar-refractivity contribution in [2.24, 2.45) is 16.3 Å². The Bertz CT molecular complexity index is 367. The molecule has 1 saturated carbocycles. The van der Waals surface area contributed by atoms with Crippen LogP contribution in [0, 0.1) is 11.3 Å². The number of rotatable bonds is 3. The van der Waals surface area contributed by atoms with E-state index in [0.29, 0.717) is 5.41 Å². The van der Waals surface area contributed by atoms with Crippen molar-refractivity contribution in [3.05, 3.63) is 0 Å². The third-order valence-corrected chi connectivity index (χ3v) is 5.48. The number of aliphatic imine (C=N–C) groups is 1. The van der Waals surface area contributed by atoms with Gasteiger partial charge in [-0.05, 0) is 57.5 Å². The zero-order chi connectivity index (χ0) is 14.0. The standard InChI is InChI=1S/C16H30N4.HI/c1-3-17-15(18-11-14-5-9-19(2)12-14)20-10-8-16(13-20)6-4-7-16;/h14H,3-13H2,1-2H3,(H,17,18);1H. The topological polar surface area (TPSA) is 30.9 Å². The molecular weight excluding hydrogens is 375 g/mol. The van der Waals surface area contributed by atoms with Gasteiger partial charge in [-0.1, -0.05) is 6.42 Å². The summed E-state index contributed by atoms with van der Waals surface area (Å²) in [6, 6.07) is 0. The average Bonchev–Trinajstić information content (AvgIpc) is 3.00. The summed E-state index contributed by atoms with van der Waals surface area (Å²) in [5.41, 5.74) is 0.657. The Morgan fingerprint density at radius 2 is 2.10 bits per heavy atom. The maximum absolute atomic E-state index is 4.94. The van der Waals surface area contributed by atoms with Gasteiger partial charge < -0.3 is 15.1 Å². The van der Waals surface area contributed by atoms with Crippen LogP contribution in [-0.2, 0) is 0 Å². The van der Waals surface area contributed by atoms with Crippen molar-refractivity contribution in [3.8, 4) is 0 Å². The van der Waals surface area contributed by atoms with Crippen LogP contribution in [0.1, 0.15) is 39.0 Å². The molecule has 3 fully saturated rings. The van der Waals surface area contributed by atoms with Gasteiger partial charge in [0, 0.05) is 32.7 Å². The summed E-state index contributed by atoms with van der Waals surface area (Å²) < 4.78 is 0. The number of hydrogen-bond acceptors (Lipinski definition) is 2. The zero-order valence-corrected chi connectivity index (χ0v) is 15.9. The van der Waals surface area contributed by atoms with Crippen LogP contribution in [0.4, 0.5) is 0 Å². The number of hydrogen-bond donors (Lipinski definition) is 1. The highest BCUT2D eigenvalue weighted by Gasteiger charge is 2.43. The molecule has 0 bridgehead atoms. The lowest BCUT2D eigenvalue weighted by atomic mass is 9.68. The normalized spacial score (nSPS) is 28.6. The fraction of sp³-hybridized carbons (Fsp3) is 0.938. The van der Waals surface area contributed by atoms with E-state index < -0.39 is 0 Å². The van der Waals surface area contributed by atoms with E-state index in [1.165, 1.54) is 64.2 Å². The molecule has 0 aromatic heterocycles. The van der Waals surface area contributed by atoms with Gasteiger partial charge >= 0.3 is 0 Å². The summed E-state index contributed by atoms with van der Waals surface area (Å²) in [6.07, 6.45) is 7.01. The SMILES string of the molecule is CCNC(=NCC1CCN(C)C1)N1CCC2(CCC2)C1.I. The number of halogens is 1. The highest BCUT2D eigenvalue weighted by Crippen LogP contribution is 2.47. The molecule has 0 aromatic carbocycles. The Hall–Kier alpha value is -0.0400. The van der Waals surface area contributed by atoms with E-state index in [0.717, 1.165) is 19.0 Å². The number of likely N-dealkylation sites (tertiary alicyclic amines) is 2. The molecule has 1 unspecified atom stereocenters. The lowest BCUT2D eigenvalue weighted by molar-refractivity contribution is 0.151. The van der Waals surface area contributed by atoms with Gasteiger partial charge in [-0.2, -0.15) is 0 Å². The summed E-state index contributed by atoms with van der Waals surface area (Å²) in [5.74, 6) is 1.93. The fourth-order valence-electron chi connectivity index (χ4n) is 4.02. The van der Waals surface area contributed by atoms with Gasteiger partial charge in [0.2, 0.25) is 0 Å². The lowest BCUT2D eigenvalue weighted by Crippen LogP contribution is -2.42. The van der Waals surface area contributed by atoms with E-state index in [4.69, 9.17) is 4.99 Å². The van der Waals surface area contributed by atoms with Crippen molar-refractivity contribution in [2.75, 3.05) is 46.3 Å². The Kier molecular flexibility index (Phi) is 6.17. The maximum Gasteiger partial charge on any atom is 0.193 e. The first kappa shape index (κ1) is 17.3.